The number of benzene rings is 3. The van der Waals surface area contributed by atoms with E-state index < -0.39 is 6.04 Å². The smallest absolute Gasteiger partial charge is 0.203 e. The minimum absolute atomic E-state index is 0.0588. The highest BCUT2D eigenvalue weighted by Gasteiger charge is 2.35. The van der Waals surface area contributed by atoms with Crippen LogP contribution in [0.15, 0.2) is 71.9 Å². The molecule has 5 rings (SSSR count). The van der Waals surface area contributed by atoms with E-state index in [4.69, 9.17) is 14.2 Å². The van der Waals surface area contributed by atoms with Crippen molar-refractivity contribution in [3.63, 3.8) is 0 Å². The molecule has 2 aliphatic rings. The number of methoxy groups -OCH3 is 3. The molecule has 3 aromatic rings. The van der Waals surface area contributed by atoms with Crippen LogP contribution in [0.2, 0.25) is 0 Å². The number of anilines is 2. The Bertz CT molecular complexity index is 1360. The molecule has 0 spiro atoms. The van der Waals surface area contributed by atoms with Gasteiger partial charge < -0.3 is 24.8 Å². The van der Waals surface area contributed by atoms with Crippen molar-refractivity contribution in [3.8, 4) is 17.2 Å². The van der Waals surface area contributed by atoms with Gasteiger partial charge >= 0.3 is 0 Å². The molecule has 0 saturated heterocycles. The van der Waals surface area contributed by atoms with Crippen LogP contribution in [0.4, 0.5) is 11.4 Å². The van der Waals surface area contributed by atoms with Crippen molar-refractivity contribution in [2.75, 3.05) is 32.0 Å². The number of carbonyl (C=O) groups is 2. The molecular formula is C29H28N2O5. The van der Waals surface area contributed by atoms with Crippen LogP contribution in [0.5, 0.6) is 17.2 Å². The molecule has 1 aliphatic carbocycles. The van der Waals surface area contributed by atoms with E-state index in [0.29, 0.717) is 40.4 Å². The molecule has 3 aromatic carbocycles. The number of allylic oxidation sites excluding steroid dienone is 1. The molecule has 184 valence electrons. The zero-order valence-electron chi connectivity index (χ0n) is 20.5. The first-order valence-corrected chi connectivity index (χ1v) is 11.9. The fraction of sp³-hybridized carbons (Fsp3) is 0.241. The molecule has 7 nitrogen and oxygen atoms in total. The Morgan fingerprint density at radius 1 is 0.833 bits per heavy atom. The van der Waals surface area contributed by atoms with Crippen LogP contribution in [0.3, 0.4) is 0 Å². The van der Waals surface area contributed by atoms with Crippen LogP contribution in [-0.4, -0.2) is 32.9 Å². The fourth-order valence-corrected chi connectivity index (χ4v) is 4.97. The Morgan fingerprint density at radius 2 is 1.61 bits per heavy atom. The van der Waals surface area contributed by atoms with Crippen LogP contribution in [0.1, 0.15) is 46.8 Å². The number of rotatable bonds is 6. The highest BCUT2D eigenvalue weighted by molar-refractivity contribution is 6.10. The van der Waals surface area contributed by atoms with Crippen LogP contribution in [0, 0.1) is 0 Å². The second kappa shape index (κ2) is 9.77. The molecule has 1 atom stereocenters. The Kier molecular flexibility index (Phi) is 6.38. The number of hydrogen-bond acceptors (Lipinski definition) is 7. The van der Waals surface area contributed by atoms with Crippen LogP contribution >= 0.6 is 0 Å². The second-order valence-corrected chi connectivity index (χ2v) is 8.75. The monoisotopic (exact) mass is 484 g/mol. The first-order valence-electron chi connectivity index (χ1n) is 11.9. The minimum atomic E-state index is -0.480. The van der Waals surface area contributed by atoms with Crippen LogP contribution < -0.4 is 24.8 Å². The molecule has 36 heavy (non-hydrogen) atoms. The van der Waals surface area contributed by atoms with Crippen molar-refractivity contribution in [2.24, 2.45) is 0 Å². The van der Waals surface area contributed by atoms with Crippen molar-refractivity contribution in [2.45, 2.75) is 25.3 Å². The molecule has 1 heterocycles. The number of nitrogens with one attached hydrogen (secondary N) is 2. The summed E-state index contributed by atoms with van der Waals surface area (Å²) < 4.78 is 16.8. The molecule has 0 bridgehead atoms. The maximum Gasteiger partial charge on any atom is 0.203 e. The molecule has 1 aliphatic heterocycles. The van der Waals surface area contributed by atoms with Gasteiger partial charge in [-0.25, -0.2) is 0 Å². The predicted octanol–water partition coefficient (Wildman–Crippen LogP) is 5.53. The van der Waals surface area contributed by atoms with Crippen molar-refractivity contribution in [1.82, 2.24) is 0 Å². The molecule has 0 aromatic heterocycles. The summed E-state index contributed by atoms with van der Waals surface area (Å²) in [5.74, 6) is 1.52. The molecule has 2 N–H and O–H groups in total. The molecular weight excluding hydrogens is 456 g/mol. The van der Waals surface area contributed by atoms with Gasteiger partial charge in [-0.05, 0) is 43.2 Å². The van der Waals surface area contributed by atoms with Gasteiger partial charge in [-0.3, -0.25) is 9.59 Å². The lowest BCUT2D eigenvalue weighted by Crippen LogP contribution is -2.24. The molecule has 0 fully saturated rings. The lowest BCUT2D eigenvalue weighted by molar-refractivity contribution is -0.116. The van der Waals surface area contributed by atoms with E-state index in [1.807, 2.05) is 42.5 Å². The van der Waals surface area contributed by atoms with E-state index in [-0.39, 0.29) is 11.6 Å². The van der Waals surface area contributed by atoms with Gasteiger partial charge in [0, 0.05) is 34.4 Å². The van der Waals surface area contributed by atoms with Crippen LogP contribution in [-0.2, 0) is 4.79 Å². The average molecular weight is 485 g/mol. The van der Waals surface area contributed by atoms with Gasteiger partial charge in [0.2, 0.25) is 5.75 Å². The summed E-state index contributed by atoms with van der Waals surface area (Å²) in [6.07, 6.45) is 1.96. The van der Waals surface area contributed by atoms with E-state index in [9.17, 15) is 9.59 Å². The third kappa shape index (κ3) is 4.06. The lowest BCUT2D eigenvalue weighted by Gasteiger charge is -2.27. The van der Waals surface area contributed by atoms with Gasteiger partial charge in [0.15, 0.2) is 23.1 Å². The number of carbonyl (C=O) groups excluding carboxylic acids is 2. The number of fused-ring (bicyclic) bond motifs is 1. The van der Waals surface area contributed by atoms with E-state index in [0.717, 1.165) is 35.5 Å². The van der Waals surface area contributed by atoms with E-state index in [2.05, 4.69) is 10.6 Å². The highest BCUT2D eigenvalue weighted by atomic mass is 16.5. The third-order valence-corrected chi connectivity index (χ3v) is 6.69. The number of hydrogen-bond donors (Lipinski definition) is 2. The Morgan fingerprint density at radius 3 is 2.33 bits per heavy atom. The largest absolute Gasteiger partial charge is 0.493 e. The maximum atomic E-state index is 13.3. The Hall–Kier alpha value is -4.26. The van der Waals surface area contributed by atoms with Gasteiger partial charge in [0.25, 0.3) is 0 Å². The van der Waals surface area contributed by atoms with Gasteiger partial charge in [0.1, 0.15) is 0 Å². The molecule has 0 radical (unpaired) electrons. The number of Topliss-reactive ketones (excluding diaryl/α,β-unsaturated/α-hetero) is 1. The van der Waals surface area contributed by atoms with Crippen molar-refractivity contribution in [3.05, 3.63) is 88.6 Å². The van der Waals surface area contributed by atoms with Gasteiger partial charge in [-0.15, -0.1) is 0 Å². The first kappa shape index (κ1) is 23.5. The van der Waals surface area contributed by atoms with Gasteiger partial charge in [-0.2, -0.15) is 0 Å². The lowest BCUT2D eigenvalue weighted by atomic mass is 9.86. The van der Waals surface area contributed by atoms with Crippen LogP contribution in [0.25, 0.3) is 0 Å². The summed E-state index contributed by atoms with van der Waals surface area (Å²) in [4.78, 5) is 26.4. The summed E-state index contributed by atoms with van der Waals surface area (Å²) in [6, 6.07) is 17.9. The summed E-state index contributed by atoms with van der Waals surface area (Å²) >= 11 is 0. The normalized spacial score (nSPS) is 16.6. The van der Waals surface area contributed by atoms with E-state index in [1.54, 1.807) is 39.5 Å². The zero-order chi connectivity index (χ0) is 25.2. The van der Waals surface area contributed by atoms with Crippen molar-refractivity contribution >= 4 is 22.9 Å². The van der Waals surface area contributed by atoms with Crippen molar-refractivity contribution in [1.29, 1.82) is 0 Å². The second-order valence-electron chi connectivity index (χ2n) is 8.75. The zero-order valence-corrected chi connectivity index (χ0v) is 20.5. The van der Waals surface area contributed by atoms with Crippen molar-refractivity contribution < 1.29 is 23.8 Å². The van der Waals surface area contributed by atoms with Gasteiger partial charge in [0.05, 0.1) is 38.7 Å². The topological polar surface area (TPSA) is 85.9 Å². The quantitative estimate of drug-likeness (QED) is 0.445. The molecule has 0 amide bonds. The number of ketones is 2. The third-order valence-electron chi connectivity index (χ3n) is 6.69. The summed E-state index contributed by atoms with van der Waals surface area (Å²) in [7, 11) is 4.70. The average Bonchev–Trinajstić information content (AvgIpc) is 3.09. The molecule has 7 heteroatoms. The highest BCUT2D eigenvalue weighted by Crippen LogP contribution is 2.48. The Balaban J connectivity index is 1.63. The SMILES string of the molecule is COc1ccc(C2Nc3ccc(C(=O)c4ccccc4)cc3NC3=C2C(=O)CCC3)c(OC)c1OC. The Labute approximate surface area is 210 Å². The summed E-state index contributed by atoms with van der Waals surface area (Å²) in [5, 5.41) is 7.02. The fourth-order valence-electron chi connectivity index (χ4n) is 4.97. The standard InChI is InChI=1S/C29H28N2O5/c1-34-24-15-13-19(28(35-2)29(24)36-3)26-25-21(10-7-11-23(25)32)30-22-16-18(12-14-20(22)31-26)27(33)17-8-5-4-6-9-17/h4-6,8-9,12-16,26,30-31H,7,10-11H2,1-3H3. The number of ether oxygens (including phenoxy) is 3. The summed E-state index contributed by atoms with van der Waals surface area (Å²) in [5.41, 5.74) is 5.00. The van der Waals surface area contributed by atoms with Gasteiger partial charge in [-0.1, -0.05) is 30.3 Å². The predicted molar refractivity (Wildman–Crippen MR) is 138 cm³/mol. The molecule has 1 unspecified atom stereocenters. The maximum absolute atomic E-state index is 13.3. The first-order chi connectivity index (χ1) is 17.5. The van der Waals surface area contributed by atoms with E-state index in [1.165, 1.54) is 0 Å². The molecule has 0 saturated carbocycles. The summed E-state index contributed by atoms with van der Waals surface area (Å²) in [6.45, 7) is 0. The van der Waals surface area contributed by atoms with E-state index >= 15 is 0 Å². The minimum Gasteiger partial charge on any atom is -0.493 e.